The Morgan fingerprint density at radius 1 is 0.582 bits per heavy atom. The van der Waals surface area contributed by atoms with Gasteiger partial charge in [-0.05, 0) is 54.2 Å². The predicted molar refractivity (Wildman–Crippen MR) is 217 cm³/mol. The molecule has 1 aliphatic rings. The molecule has 0 atom stereocenters. The summed E-state index contributed by atoms with van der Waals surface area (Å²) in [4.78, 5) is 17.1. The highest BCUT2D eigenvalue weighted by Gasteiger charge is 2.16. The Hall–Kier alpha value is -6.03. The van der Waals surface area contributed by atoms with Gasteiger partial charge in [0.2, 0.25) is 5.95 Å². The Bertz CT molecular complexity index is 2150. The highest BCUT2D eigenvalue weighted by Crippen LogP contribution is 2.23. The van der Waals surface area contributed by atoms with E-state index in [0.717, 1.165) is 66.7 Å². The molecule has 6 aromatic heterocycles. The van der Waals surface area contributed by atoms with Crippen LogP contribution in [0.2, 0.25) is 0 Å². The molecule has 6 aromatic rings. The molecule has 1 saturated heterocycles. The molecule has 7 heterocycles. The smallest absolute Gasteiger partial charge is 0.214 e. The van der Waals surface area contributed by atoms with Crippen molar-refractivity contribution in [3.05, 3.63) is 95.8 Å². The number of nitrogen functional groups attached to an aromatic ring is 3. The van der Waals surface area contributed by atoms with E-state index in [9.17, 15) is 4.39 Å². The summed E-state index contributed by atoms with van der Waals surface area (Å²) in [6, 6.07) is 21.8. The largest absolute Gasteiger partial charge is 0.384 e. The van der Waals surface area contributed by atoms with E-state index >= 15 is 0 Å². The van der Waals surface area contributed by atoms with Crippen LogP contribution in [0.25, 0.3) is 17.5 Å². The van der Waals surface area contributed by atoms with Crippen molar-refractivity contribution in [2.24, 2.45) is 0 Å². The number of nitrogens with two attached hydrogens (primary N) is 3. The second-order valence-corrected chi connectivity index (χ2v) is 14.2. The van der Waals surface area contributed by atoms with E-state index in [-0.39, 0.29) is 5.92 Å². The molecule has 0 unspecified atom stereocenters. The van der Waals surface area contributed by atoms with Crippen LogP contribution in [-0.4, -0.2) is 84.7 Å². The number of anilines is 5. The summed E-state index contributed by atoms with van der Waals surface area (Å²) in [7, 11) is 3.91. The van der Waals surface area contributed by atoms with Crippen LogP contribution >= 0.6 is 0 Å². The summed E-state index contributed by atoms with van der Waals surface area (Å²) in [5, 5.41) is 13.3. The van der Waals surface area contributed by atoms with Gasteiger partial charge in [0.25, 0.3) is 0 Å². The summed E-state index contributed by atoms with van der Waals surface area (Å²) < 4.78 is 23.2. The van der Waals surface area contributed by atoms with Gasteiger partial charge in [0, 0.05) is 45.4 Å². The van der Waals surface area contributed by atoms with E-state index in [0.29, 0.717) is 35.1 Å². The minimum absolute atomic E-state index is 0.275. The van der Waals surface area contributed by atoms with Crippen molar-refractivity contribution in [1.82, 2.24) is 44.3 Å². The van der Waals surface area contributed by atoms with Gasteiger partial charge >= 0.3 is 0 Å². The maximum Gasteiger partial charge on any atom is 0.214 e. The molecule has 6 N–H and O–H groups in total. The van der Waals surface area contributed by atoms with E-state index in [2.05, 4.69) is 57.9 Å². The Kier molecular flexibility index (Phi) is 13.0. The van der Waals surface area contributed by atoms with Crippen molar-refractivity contribution in [2.45, 2.75) is 59.3 Å². The van der Waals surface area contributed by atoms with Crippen LogP contribution in [0.5, 0.6) is 0 Å². The number of morpholine rings is 1. The normalized spacial score (nSPS) is 12.8. The zero-order valence-electron chi connectivity index (χ0n) is 32.9. The van der Waals surface area contributed by atoms with Gasteiger partial charge in [0.05, 0.1) is 30.3 Å². The van der Waals surface area contributed by atoms with Crippen molar-refractivity contribution in [3.63, 3.8) is 0 Å². The number of rotatable bonds is 8. The van der Waals surface area contributed by atoms with Gasteiger partial charge in [-0.1, -0.05) is 59.7 Å². The fourth-order valence-corrected chi connectivity index (χ4v) is 5.43. The SMILES string of the molecule is CC(C)c1cc(N)n(-c2cccc(F)n2)n1.CC(C)c1cc(N)n(-c2cccc(N(C)C)n2)n1.CC(C)c1cc(N)n(-c2cccc(N3CCOCC3)n2)n1. The van der Waals surface area contributed by atoms with E-state index in [1.54, 1.807) is 27.6 Å². The molecule has 15 nitrogen and oxygen atoms in total. The molecule has 7 rings (SSSR count). The minimum Gasteiger partial charge on any atom is -0.384 e. The Balaban J connectivity index is 0.000000160. The number of hydrogen-bond donors (Lipinski definition) is 3. The first-order valence-electron chi connectivity index (χ1n) is 18.4. The molecule has 0 saturated carbocycles. The molecule has 1 aliphatic heterocycles. The summed E-state index contributed by atoms with van der Waals surface area (Å²) in [5.74, 6) is 5.83. The van der Waals surface area contributed by atoms with Gasteiger partial charge in [-0.15, -0.1) is 0 Å². The molecular formula is C39H53FN14O. The molecule has 0 aromatic carbocycles. The van der Waals surface area contributed by atoms with E-state index < -0.39 is 5.95 Å². The molecular weight excluding hydrogens is 700 g/mol. The first kappa shape index (κ1) is 40.2. The van der Waals surface area contributed by atoms with E-state index in [4.69, 9.17) is 26.9 Å². The van der Waals surface area contributed by atoms with Crippen LogP contribution in [0.1, 0.15) is 76.4 Å². The van der Waals surface area contributed by atoms with Crippen LogP contribution < -0.4 is 27.0 Å². The average molecular weight is 753 g/mol. The molecule has 16 heteroatoms. The van der Waals surface area contributed by atoms with Gasteiger partial charge < -0.3 is 31.7 Å². The van der Waals surface area contributed by atoms with Gasteiger partial charge in [0.15, 0.2) is 17.5 Å². The highest BCUT2D eigenvalue weighted by molar-refractivity contribution is 5.47. The molecule has 0 bridgehead atoms. The first-order chi connectivity index (χ1) is 26.2. The third-order valence-electron chi connectivity index (χ3n) is 8.63. The minimum atomic E-state index is -0.543. The molecule has 0 spiro atoms. The average Bonchev–Trinajstić information content (AvgIpc) is 3.89. The summed E-state index contributed by atoms with van der Waals surface area (Å²) in [6.07, 6.45) is 0. The van der Waals surface area contributed by atoms with Gasteiger partial charge in [-0.25, -0.2) is 15.0 Å². The summed E-state index contributed by atoms with van der Waals surface area (Å²) in [5.41, 5.74) is 20.7. The van der Waals surface area contributed by atoms with Crippen LogP contribution in [0.3, 0.4) is 0 Å². The number of hydrogen-bond acceptors (Lipinski definition) is 12. The third kappa shape index (κ3) is 10.1. The Morgan fingerprint density at radius 3 is 1.40 bits per heavy atom. The molecule has 55 heavy (non-hydrogen) atoms. The number of ether oxygens (including phenoxy) is 1. The van der Waals surface area contributed by atoms with Crippen molar-refractivity contribution < 1.29 is 9.13 Å². The lowest BCUT2D eigenvalue weighted by Gasteiger charge is -2.28. The van der Waals surface area contributed by atoms with Crippen LogP contribution in [0, 0.1) is 5.95 Å². The molecule has 0 radical (unpaired) electrons. The van der Waals surface area contributed by atoms with Crippen molar-refractivity contribution in [1.29, 1.82) is 0 Å². The third-order valence-corrected chi connectivity index (χ3v) is 8.63. The standard InChI is InChI=1S/C15H21N5O.C13H19N5.C11H13FN4/c1-11(2)12-10-13(16)20(18-12)15-5-3-4-14(17-15)19-6-8-21-9-7-19;1-9(2)10-8-11(14)18(16-10)13-7-5-6-12(15-13)17(3)4;1-7(2)8-6-10(13)16(15-8)11-5-3-4-9(12)14-11/h3-5,10-11H,6-9,16H2,1-2H3;5-9H,14H2,1-4H3;3-7H,13H2,1-2H3. The quantitative estimate of drug-likeness (QED) is 0.155. The topological polar surface area (TPSA) is 186 Å². The lowest BCUT2D eigenvalue weighted by atomic mass is 10.1. The van der Waals surface area contributed by atoms with Crippen LogP contribution in [0.4, 0.5) is 33.5 Å². The molecule has 0 amide bonds. The monoisotopic (exact) mass is 752 g/mol. The Morgan fingerprint density at radius 2 is 0.982 bits per heavy atom. The predicted octanol–water partition coefficient (Wildman–Crippen LogP) is 5.96. The summed E-state index contributed by atoms with van der Waals surface area (Å²) >= 11 is 0. The zero-order valence-corrected chi connectivity index (χ0v) is 32.9. The van der Waals surface area contributed by atoms with Gasteiger partial charge in [-0.2, -0.15) is 33.7 Å². The second kappa shape index (κ2) is 17.9. The number of aromatic nitrogens is 9. The molecule has 0 aliphatic carbocycles. The number of pyridine rings is 3. The fraction of sp³-hybridized carbons (Fsp3) is 0.385. The van der Waals surface area contributed by atoms with Crippen molar-refractivity contribution in [3.8, 4) is 17.5 Å². The van der Waals surface area contributed by atoms with Crippen molar-refractivity contribution in [2.75, 3.05) is 67.4 Å². The molecule has 1 fully saturated rings. The summed E-state index contributed by atoms with van der Waals surface area (Å²) in [6.45, 7) is 15.6. The lowest BCUT2D eigenvalue weighted by molar-refractivity contribution is 0.122. The zero-order chi connectivity index (χ0) is 39.8. The number of nitrogens with zero attached hydrogens (tertiary/aromatic N) is 11. The second-order valence-electron chi connectivity index (χ2n) is 14.2. The van der Waals surface area contributed by atoms with Crippen LogP contribution in [-0.2, 0) is 4.74 Å². The lowest BCUT2D eigenvalue weighted by Crippen LogP contribution is -2.36. The van der Waals surface area contributed by atoms with Gasteiger partial charge in [0.1, 0.15) is 29.1 Å². The Labute approximate surface area is 321 Å². The maximum absolute atomic E-state index is 13.0. The molecule has 292 valence electrons. The van der Waals surface area contributed by atoms with Crippen LogP contribution in [0.15, 0.2) is 72.8 Å². The van der Waals surface area contributed by atoms with E-state index in [1.165, 1.54) is 10.7 Å². The fourth-order valence-electron chi connectivity index (χ4n) is 5.43. The van der Waals surface area contributed by atoms with Crippen molar-refractivity contribution >= 4 is 29.1 Å². The van der Waals surface area contributed by atoms with E-state index in [1.807, 2.05) is 81.4 Å². The number of halogens is 1. The maximum atomic E-state index is 13.0. The highest BCUT2D eigenvalue weighted by atomic mass is 19.1. The first-order valence-corrected chi connectivity index (χ1v) is 18.4. The van der Waals surface area contributed by atoms with Gasteiger partial charge in [-0.3, -0.25) is 0 Å².